The van der Waals surface area contributed by atoms with Crippen LogP contribution < -0.4 is 11.1 Å². The maximum Gasteiger partial charge on any atom is 0.241 e. The molecule has 1 unspecified atom stereocenters. The van der Waals surface area contributed by atoms with E-state index in [2.05, 4.69) is 17.3 Å². The Hall–Kier alpha value is -1.38. The van der Waals surface area contributed by atoms with Gasteiger partial charge in [0.05, 0.1) is 12.5 Å². The van der Waals surface area contributed by atoms with Crippen molar-refractivity contribution in [2.45, 2.75) is 25.3 Å². The molecule has 2 heterocycles. The van der Waals surface area contributed by atoms with Crippen molar-refractivity contribution in [3.63, 3.8) is 0 Å². The van der Waals surface area contributed by atoms with Gasteiger partial charge in [0.25, 0.3) is 0 Å². The lowest BCUT2D eigenvalue weighted by molar-refractivity contribution is -0.132. The van der Waals surface area contributed by atoms with Gasteiger partial charge in [-0.15, -0.1) is 24.8 Å². The minimum Gasteiger partial charge on any atom is -0.381 e. The van der Waals surface area contributed by atoms with Crippen LogP contribution in [-0.2, 0) is 20.7 Å². The Labute approximate surface area is 185 Å². The summed E-state index contributed by atoms with van der Waals surface area (Å²) in [6, 6.07) is 6.94. The van der Waals surface area contributed by atoms with Crippen LogP contribution >= 0.6 is 24.8 Å². The van der Waals surface area contributed by atoms with Crippen molar-refractivity contribution >= 4 is 42.3 Å². The summed E-state index contributed by atoms with van der Waals surface area (Å²) >= 11 is 0. The number of nitrogens with zero attached hydrogens (tertiary/aromatic N) is 2. The highest BCUT2D eigenvalue weighted by Gasteiger charge is 2.26. The molecular formula is C20H32Cl2N4O3. The van der Waals surface area contributed by atoms with E-state index in [0.717, 1.165) is 44.6 Å². The number of carbonyl (C=O) groups excluding carboxylic acids is 2. The first-order valence-electron chi connectivity index (χ1n) is 9.72. The highest BCUT2D eigenvalue weighted by Crippen LogP contribution is 2.19. The number of ether oxygens (including phenoxy) is 1. The van der Waals surface area contributed by atoms with Crippen LogP contribution in [0.1, 0.15) is 18.4 Å². The third-order valence-electron chi connectivity index (χ3n) is 5.48. The summed E-state index contributed by atoms with van der Waals surface area (Å²) in [5.41, 5.74) is 7.72. The molecule has 1 aromatic rings. The Balaban J connectivity index is 0.00000210. The molecule has 1 aromatic carbocycles. The van der Waals surface area contributed by atoms with Crippen LogP contribution in [0.15, 0.2) is 24.3 Å². The summed E-state index contributed by atoms with van der Waals surface area (Å²) < 4.78 is 5.33. The summed E-state index contributed by atoms with van der Waals surface area (Å²) in [4.78, 5) is 29.1. The molecule has 164 valence electrons. The summed E-state index contributed by atoms with van der Waals surface area (Å²) in [7, 11) is 2.07. The average Bonchev–Trinajstić information content (AvgIpc) is 2.68. The van der Waals surface area contributed by atoms with E-state index in [1.54, 1.807) is 0 Å². The largest absolute Gasteiger partial charge is 0.381 e. The number of nitrogens with two attached hydrogens (primary N) is 1. The van der Waals surface area contributed by atoms with Gasteiger partial charge >= 0.3 is 0 Å². The van der Waals surface area contributed by atoms with Crippen molar-refractivity contribution in [1.29, 1.82) is 0 Å². The molecule has 0 spiro atoms. The van der Waals surface area contributed by atoms with Gasteiger partial charge in [-0.3, -0.25) is 9.59 Å². The number of benzene rings is 1. The zero-order valence-corrected chi connectivity index (χ0v) is 18.5. The lowest BCUT2D eigenvalue weighted by Crippen LogP contribution is -2.47. The Bertz CT molecular complexity index is 663. The smallest absolute Gasteiger partial charge is 0.241 e. The maximum absolute atomic E-state index is 12.5. The van der Waals surface area contributed by atoms with E-state index in [9.17, 15) is 9.59 Å². The SMILES string of the molecule is CN1CCN(C(=O)Cc2cccc(NC(=O)C(N)C3CCOCC3)c2)CC1.Cl.Cl. The number of anilines is 1. The first-order valence-corrected chi connectivity index (χ1v) is 9.72. The molecule has 9 heteroatoms. The fourth-order valence-corrected chi connectivity index (χ4v) is 3.62. The third-order valence-corrected chi connectivity index (χ3v) is 5.48. The maximum atomic E-state index is 12.5. The van der Waals surface area contributed by atoms with Crippen LogP contribution in [-0.4, -0.2) is 74.1 Å². The van der Waals surface area contributed by atoms with Crippen LogP contribution in [0, 0.1) is 5.92 Å². The van der Waals surface area contributed by atoms with Gasteiger partial charge in [0.1, 0.15) is 0 Å². The summed E-state index contributed by atoms with van der Waals surface area (Å²) in [6.07, 6.45) is 1.97. The summed E-state index contributed by atoms with van der Waals surface area (Å²) in [6.45, 7) is 4.68. The van der Waals surface area contributed by atoms with Crippen LogP contribution in [0.4, 0.5) is 5.69 Å². The fourth-order valence-electron chi connectivity index (χ4n) is 3.62. The summed E-state index contributed by atoms with van der Waals surface area (Å²) in [5.74, 6) is 0.107. The zero-order chi connectivity index (χ0) is 19.2. The number of hydrogen-bond donors (Lipinski definition) is 2. The van der Waals surface area contributed by atoms with Gasteiger partial charge in [0.15, 0.2) is 0 Å². The monoisotopic (exact) mass is 446 g/mol. The Morgan fingerprint density at radius 1 is 1.17 bits per heavy atom. The van der Waals surface area contributed by atoms with Crippen molar-refractivity contribution in [2.75, 3.05) is 51.8 Å². The van der Waals surface area contributed by atoms with E-state index in [4.69, 9.17) is 10.5 Å². The van der Waals surface area contributed by atoms with Gasteiger partial charge in [0.2, 0.25) is 11.8 Å². The molecule has 2 fully saturated rings. The molecule has 29 heavy (non-hydrogen) atoms. The summed E-state index contributed by atoms with van der Waals surface area (Å²) in [5, 5.41) is 2.90. The minimum absolute atomic E-state index is 0. The zero-order valence-electron chi connectivity index (χ0n) is 16.8. The Morgan fingerprint density at radius 2 is 1.83 bits per heavy atom. The molecule has 0 saturated carbocycles. The second-order valence-corrected chi connectivity index (χ2v) is 7.53. The quantitative estimate of drug-likeness (QED) is 0.715. The molecule has 2 aliphatic rings. The number of halogens is 2. The molecule has 7 nitrogen and oxygen atoms in total. The molecule has 0 aromatic heterocycles. The molecule has 2 amide bonds. The molecule has 3 N–H and O–H groups in total. The standard InChI is InChI=1S/C20H30N4O3.2ClH/c1-23-7-9-24(10-8-23)18(25)14-15-3-2-4-17(13-15)22-20(26)19(21)16-5-11-27-12-6-16;;/h2-4,13,16,19H,5-12,14,21H2,1H3,(H,22,26);2*1H. The van der Waals surface area contributed by atoms with Crippen LogP contribution in [0.2, 0.25) is 0 Å². The first-order chi connectivity index (χ1) is 13.0. The van der Waals surface area contributed by atoms with E-state index >= 15 is 0 Å². The molecule has 2 aliphatic heterocycles. The number of carbonyl (C=O) groups is 2. The van der Waals surface area contributed by atoms with E-state index in [1.165, 1.54) is 0 Å². The number of hydrogen-bond acceptors (Lipinski definition) is 5. The third kappa shape index (κ3) is 7.42. The highest BCUT2D eigenvalue weighted by atomic mass is 35.5. The molecule has 1 atom stereocenters. The van der Waals surface area contributed by atoms with E-state index in [-0.39, 0.29) is 42.5 Å². The van der Waals surface area contributed by atoms with Crippen LogP contribution in [0.3, 0.4) is 0 Å². The van der Waals surface area contributed by atoms with E-state index < -0.39 is 6.04 Å². The number of piperazine rings is 1. The van der Waals surface area contributed by atoms with Gasteiger partial charge in [-0.2, -0.15) is 0 Å². The van der Waals surface area contributed by atoms with Gasteiger partial charge < -0.3 is 25.6 Å². The molecule has 0 bridgehead atoms. The molecule has 3 rings (SSSR count). The molecular weight excluding hydrogens is 415 g/mol. The highest BCUT2D eigenvalue weighted by molar-refractivity contribution is 5.95. The van der Waals surface area contributed by atoms with Crippen LogP contribution in [0.25, 0.3) is 0 Å². The second kappa shape index (κ2) is 12.3. The van der Waals surface area contributed by atoms with Crippen LogP contribution in [0.5, 0.6) is 0 Å². The number of likely N-dealkylation sites (N-methyl/N-ethyl adjacent to an activating group) is 1. The molecule has 0 aliphatic carbocycles. The van der Waals surface area contributed by atoms with Gasteiger partial charge in [0, 0.05) is 45.1 Å². The minimum atomic E-state index is -0.537. The van der Waals surface area contributed by atoms with Crippen molar-refractivity contribution in [3.8, 4) is 0 Å². The van der Waals surface area contributed by atoms with E-state index in [1.807, 2.05) is 29.2 Å². The topological polar surface area (TPSA) is 87.9 Å². The first kappa shape index (κ1) is 25.7. The van der Waals surface area contributed by atoms with Gasteiger partial charge in [-0.05, 0) is 43.5 Å². The molecule has 2 saturated heterocycles. The lowest BCUT2D eigenvalue weighted by atomic mass is 9.92. The number of amides is 2. The van der Waals surface area contributed by atoms with Crippen molar-refractivity contribution in [1.82, 2.24) is 9.80 Å². The molecule has 0 radical (unpaired) electrons. The fraction of sp³-hybridized carbons (Fsp3) is 0.600. The number of rotatable bonds is 5. The Morgan fingerprint density at radius 3 is 2.48 bits per heavy atom. The van der Waals surface area contributed by atoms with Crippen molar-refractivity contribution in [2.24, 2.45) is 11.7 Å². The van der Waals surface area contributed by atoms with Gasteiger partial charge in [-0.1, -0.05) is 12.1 Å². The van der Waals surface area contributed by atoms with Crippen molar-refractivity contribution < 1.29 is 14.3 Å². The van der Waals surface area contributed by atoms with Gasteiger partial charge in [-0.25, -0.2) is 0 Å². The van der Waals surface area contributed by atoms with E-state index in [0.29, 0.717) is 25.3 Å². The van der Waals surface area contributed by atoms with Crippen molar-refractivity contribution in [3.05, 3.63) is 29.8 Å². The predicted molar refractivity (Wildman–Crippen MR) is 119 cm³/mol. The normalized spacial score (nSPS) is 18.9. The predicted octanol–water partition coefficient (Wildman–Crippen LogP) is 1.54. The second-order valence-electron chi connectivity index (χ2n) is 7.53. The number of nitrogens with one attached hydrogen (secondary N) is 1. The Kier molecular flexibility index (Phi) is 10.9. The lowest BCUT2D eigenvalue weighted by Gasteiger charge is -2.32. The average molecular weight is 447 g/mol.